The van der Waals surface area contributed by atoms with E-state index < -0.39 is 5.97 Å². The SMILES string of the molecule is COc1ccc(-c2cc(N3CCC[C@@H](C(=O)O)C3)ncn2)cc1. The van der Waals surface area contributed by atoms with Crippen molar-refractivity contribution in [2.75, 3.05) is 25.1 Å². The highest BCUT2D eigenvalue weighted by molar-refractivity contribution is 5.71. The van der Waals surface area contributed by atoms with Gasteiger partial charge in [0.2, 0.25) is 0 Å². The molecule has 6 heteroatoms. The van der Waals surface area contributed by atoms with Crippen LogP contribution in [-0.4, -0.2) is 41.2 Å². The summed E-state index contributed by atoms with van der Waals surface area (Å²) in [6, 6.07) is 9.57. The number of benzene rings is 1. The van der Waals surface area contributed by atoms with Gasteiger partial charge < -0.3 is 14.7 Å². The summed E-state index contributed by atoms with van der Waals surface area (Å²) in [6.07, 6.45) is 3.11. The van der Waals surface area contributed by atoms with E-state index in [2.05, 4.69) is 9.97 Å². The molecule has 1 fully saturated rings. The molecule has 1 N–H and O–H groups in total. The van der Waals surface area contributed by atoms with E-state index in [1.165, 1.54) is 6.33 Å². The third kappa shape index (κ3) is 3.41. The first-order valence-corrected chi connectivity index (χ1v) is 7.61. The molecule has 120 valence electrons. The van der Waals surface area contributed by atoms with Crippen molar-refractivity contribution in [2.24, 2.45) is 5.92 Å². The highest BCUT2D eigenvalue weighted by atomic mass is 16.5. The first-order chi connectivity index (χ1) is 11.2. The molecular formula is C17H19N3O3. The molecule has 0 unspecified atom stereocenters. The second kappa shape index (κ2) is 6.64. The highest BCUT2D eigenvalue weighted by Gasteiger charge is 2.26. The summed E-state index contributed by atoms with van der Waals surface area (Å²) >= 11 is 0. The Labute approximate surface area is 134 Å². The van der Waals surface area contributed by atoms with Crippen molar-refractivity contribution in [3.63, 3.8) is 0 Å². The minimum atomic E-state index is -0.737. The third-order valence-electron chi connectivity index (χ3n) is 4.13. The number of carbonyl (C=O) groups is 1. The number of anilines is 1. The standard InChI is InChI=1S/C17H19N3O3/c1-23-14-6-4-12(5-7-14)15-9-16(19-11-18-15)20-8-2-3-13(10-20)17(21)22/h4-7,9,11,13H,2-3,8,10H2,1H3,(H,21,22)/t13-/m1/s1. The van der Waals surface area contributed by atoms with Crippen LogP contribution in [0.25, 0.3) is 11.3 Å². The van der Waals surface area contributed by atoms with Crippen LogP contribution in [0.1, 0.15) is 12.8 Å². The quantitative estimate of drug-likeness (QED) is 0.934. The van der Waals surface area contributed by atoms with E-state index in [-0.39, 0.29) is 5.92 Å². The summed E-state index contributed by atoms with van der Waals surface area (Å²) in [5.74, 6) is 0.502. The smallest absolute Gasteiger partial charge is 0.308 e. The van der Waals surface area contributed by atoms with Crippen LogP contribution in [-0.2, 0) is 4.79 Å². The number of methoxy groups -OCH3 is 1. The predicted octanol–water partition coefficient (Wildman–Crippen LogP) is 2.45. The molecule has 0 spiro atoms. The van der Waals surface area contributed by atoms with Crippen molar-refractivity contribution in [1.82, 2.24) is 9.97 Å². The Balaban J connectivity index is 1.82. The number of piperidine rings is 1. The van der Waals surface area contributed by atoms with Gasteiger partial charge in [0.25, 0.3) is 0 Å². The number of rotatable bonds is 4. The van der Waals surface area contributed by atoms with Crippen LogP contribution >= 0.6 is 0 Å². The van der Waals surface area contributed by atoms with Gasteiger partial charge in [-0.05, 0) is 37.1 Å². The first kappa shape index (κ1) is 15.3. The second-order valence-electron chi connectivity index (χ2n) is 5.61. The number of aromatic nitrogens is 2. The predicted molar refractivity (Wildman–Crippen MR) is 86.6 cm³/mol. The minimum Gasteiger partial charge on any atom is -0.497 e. The summed E-state index contributed by atoms with van der Waals surface area (Å²) in [4.78, 5) is 21.9. The molecular weight excluding hydrogens is 294 g/mol. The summed E-state index contributed by atoms with van der Waals surface area (Å²) in [6.45, 7) is 1.32. The molecule has 2 heterocycles. The lowest BCUT2D eigenvalue weighted by atomic mass is 9.98. The van der Waals surface area contributed by atoms with E-state index in [9.17, 15) is 9.90 Å². The number of carboxylic acid groups (broad SMARTS) is 1. The molecule has 0 bridgehead atoms. The summed E-state index contributed by atoms with van der Waals surface area (Å²) < 4.78 is 5.16. The van der Waals surface area contributed by atoms with Crippen LogP contribution in [0.15, 0.2) is 36.7 Å². The van der Waals surface area contributed by atoms with Crippen LogP contribution in [0.2, 0.25) is 0 Å². The lowest BCUT2D eigenvalue weighted by molar-refractivity contribution is -0.141. The van der Waals surface area contributed by atoms with Crippen LogP contribution in [0.5, 0.6) is 5.75 Å². The van der Waals surface area contributed by atoms with Crippen molar-refractivity contribution < 1.29 is 14.6 Å². The molecule has 0 saturated carbocycles. The Kier molecular flexibility index (Phi) is 4.41. The maximum absolute atomic E-state index is 11.2. The Bertz CT molecular complexity index is 688. The molecule has 1 saturated heterocycles. The van der Waals surface area contributed by atoms with Gasteiger partial charge in [0.1, 0.15) is 17.9 Å². The second-order valence-corrected chi connectivity index (χ2v) is 5.61. The van der Waals surface area contributed by atoms with Crippen molar-refractivity contribution in [3.8, 4) is 17.0 Å². The summed E-state index contributed by atoms with van der Waals surface area (Å²) in [7, 11) is 1.63. The van der Waals surface area contributed by atoms with Crippen LogP contribution in [0.3, 0.4) is 0 Å². The van der Waals surface area contributed by atoms with Crippen LogP contribution in [0, 0.1) is 5.92 Å². The number of aliphatic carboxylic acids is 1. The molecule has 0 aliphatic carbocycles. The van der Waals surface area contributed by atoms with Crippen LogP contribution in [0.4, 0.5) is 5.82 Å². The molecule has 6 nitrogen and oxygen atoms in total. The fraction of sp³-hybridized carbons (Fsp3) is 0.353. The molecule has 0 amide bonds. The average molecular weight is 313 g/mol. The zero-order valence-corrected chi connectivity index (χ0v) is 13.0. The maximum atomic E-state index is 11.2. The molecule has 1 aliphatic heterocycles. The van der Waals surface area contributed by atoms with Gasteiger partial charge in [-0.15, -0.1) is 0 Å². The number of hydrogen-bond donors (Lipinski definition) is 1. The monoisotopic (exact) mass is 313 g/mol. The number of ether oxygens (including phenoxy) is 1. The van der Waals surface area contributed by atoms with Gasteiger partial charge in [0.15, 0.2) is 0 Å². The minimum absolute atomic E-state index is 0.330. The van der Waals surface area contributed by atoms with E-state index in [0.717, 1.165) is 42.2 Å². The fourth-order valence-electron chi connectivity index (χ4n) is 2.83. The van der Waals surface area contributed by atoms with Crippen molar-refractivity contribution in [1.29, 1.82) is 0 Å². The van der Waals surface area contributed by atoms with Gasteiger partial charge >= 0.3 is 5.97 Å². The summed E-state index contributed by atoms with van der Waals surface area (Å²) in [5, 5.41) is 9.21. The maximum Gasteiger partial charge on any atom is 0.308 e. The first-order valence-electron chi connectivity index (χ1n) is 7.61. The fourth-order valence-corrected chi connectivity index (χ4v) is 2.83. The molecule has 23 heavy (non-hydrogen) atoms. The Morgan fingerprint density at radius 3 is 2.78 bits per heavy atom. The number of nitrogens with zero attached hydrogens (tertiary/aromatic N) is 3. The molecule has 2 aromatic rings. The molecule has 1 aliphatic rings. The van der Waals surface area contributed by atoms with E-state index in [0.29, 0.717) is 6.54 Å². The molecule has 1 aromatic carbocycles. The van der Waals surface area contributed by atoms with Crippen molar-refractivity contribution in [3.05, 3.63) is 36.7 Å². The topological polar surface area (TPSA) is 75.5 Å². The van der Waals surface area contributed by atoms with E-state index >= 15 is 0 Å². The average Bonchev–Trinajstić information content (AvgIpc) is 2.62. The van der Waals surface area contributed by atoms with Crippen LogP contribution < -0.4 is 9.64 Å². The molecule has 3 rings (SSSR count). The van der Waals surface area contributed by atoms with Crippen molar-refractivity contribution >= 4 is 11.8 Å². The molecule has 0 radical (unpaired) electrons. The Morgan fingerprint density at radius 2 is 2.09 bits per heavy atom. The Morgan fingerprint density at radius 1 is 1.30 bits per heavy atom. The van der Waals surface area contributed by atoms with Gasteiger partial charge in [0, 0.05) is 24.7 Å². The zero-order valence-electron chi connectivity index (χ0n) is 13.0. The molecule has 1 aromatic heterocycles. The third-order valence-corrected chi connectivity index (χ3v) is 4.13. The lowest BCUT2D eigenvalue weighted by Crippen LogP contribution is -2.39. The van der Waals surface area contributed by atoms with Gasteiger partial charge in [-0.2, -0.15) is 0 Å². The normalized spacial score (nSPS) is 17.8. The number of hydrogen-bond acceptors (Lipinski definition) is 5. The van der Waals surface area contributed by atoms with Gasteiger partial charge in [-0.25, -0.2) is 9.97 Å². The lowest BCUT2D eigenvalue weighted by Gasteiger charge is -2.31. The van der Waals surface area contributed by atoms with Gasteiger partial charge in [-0.3, -0.25) is 4.79 Å². The van der Waals surface area contributed by atoms with Gasteiger partial charge in [0.05, 0.1) is 18.7 Å². The Hall–Kier alpha value is -2.63. The van der Waals surface area contributed by atoms with E-state index in [4.69, 9.17) is 4.74 Å². The van der Waals surface area contributed by atoms with Gasteiger partial charge in [-0.1, -0.05) is 0 Å². The summed E-state index contributed by atoms with van der Waals surface area (Å²) in [5.41, 5.74) is 1.79. The zero-order chi connectivity index (χ0) is 16.2. The van der Waals surface area contributed by atoms with Crippen molar-refractivity contribution in [2.45, 2.75) is 12.8 Å². The molecule has 1 atom stereocenters. The van der Waals surface area contributed by atoms with E-state index in [1.54, 1.807) is 7.11 Å². The van der Waals surface area contributed by atoms with E-state index in [1.807, 2.05) is 35.2 Å². The largest absolute Gasteiger partial charge is 0.497 e. The highest BCUT2D eigenvalue weighted by Crippen LogP contribution is 2.26. The number of carboxylic acids is 1.